The van der Waals surface area contributed by atoms with Crippen molar-refractivity contribution in [2.24, 2.45) is 0 Å². The largest absolute Gasteiger partial charge is 0.327 e. The predicted octanol–water partition coefficient (Wildman–Crippen LogP) is 2.80. The molecule has 0 radical (unpaired) electrons. The summed E-state index contributed by atoms with van der Waals surface area (Å²) >= 11 is 11.8. The van der Waals surface area contributed by atoms with Crippen molar-refractivity contribution < 1.29 is 14.2 Å². The van der Waals surface area contributed by atoms with Gasteiger partial charge in [-0.05, 0) is 18.2 Å². The van der Waals surface area contributed by atoms with E-state index in [1.165, 1.54) is 7.11 Å². The molecule has 0 aromatic heterocycles. The van der Waals surface area contributed by atoms with Gasteiger partial charge in [0.2, 0.25) is 0 Å². The van der Waals surface area contributed by atoms with Crippen molar-refractivity contribution in [3.63, 3.8) is 0 Å². The summed E-state index contributed by atoms with van der Waals surface area (Å²) in [6.45, 7) is 0.968. The van der Waals surface area contributed by atoms with Crippen LogP contribution in [-0.4, -0.2) is 20.3 Å². The molecule has 0 saturated carbocycles. The van der Waals surface area contributed by atoms with Crippen molar-refractivity contribution in [1.29, 1.82) is 0 Å². The Morgan fingerprint density at radius 3 is 2.13 bits per heavy atom. The summed E-state index contributed by atoms with van der Waals surface area (Å²) in [4.78, 5) is 0. The zero-order valence-corrected chi connectivity index (χ0v) is 9.64. The molecule has 1 aromatic carbocycles. The van der Waals surface area contributed by atoms with E-state index in [1.54, 1.807) is 18.2 Å². The highest BCUT2D eigenvalue weighted by atomic mass is 35.5. The zero-order valence-electron chi connectivity index (χ0n) is 8.13. The molecule has 5 heteroatoms. The molecular weight excluding hydrogens is 239 g/mol. The van der Waals surface area contributed by atoms with E-state index in [9.17, 15) is 0 Å². The van der Waals surface area contributed by atoms with Crippen LogP contribution in [0.15, 0.2) is 18.2 Å². The maximum atomic E-state index is 5.90. The van der Waals surface area contributed by atoms with E-state index < -0.39 is 5.97 Å². The molecule has 0 amide bonds. The lowest BCUT2D eigenvalue weighted by atomic mass is 10.2. The maximum absolute atomic E-state index is 5.90. The molecule has 1 fully saturated rings. The van der Waals surface area contributed by atoms with E-state index in [0.717, 1.165) is 0 Å². The summed E-state index contributed by atoms with van der Waals surface area (Å²) in [6.07, 6.45) is 0. The Morgan fingerprint density at radius 2 is 1.67 bits per heavy atom. The molecule has 82 valence electrons. The average Bonchev–Trinajstić information content (AvgIpc) is 2.65. The van der Waals surface area contributed by atoms with Crippen LogP contribution in [0.2, 0.25) is 10.0 Å². The van der Waals surface area contributed by atoms with E-state index in [2.05, 4.69) is 0 Å². The van der Waals surface area contributed by atoms with Gasteiger partial charge >= 0.3 is 5.97 Å². The second-order valence-electron chi connectivity index (χ2n) is 3.12. The van der Waals surface area contributed by atoms with Crippen molar-refractivity contribution in [3.8, 4) is 0 Å². The molecule has 0 unspecified atom stereocenters. The molecule has 0 atom stereocenters. The number of ether oxygens (including phenoxy) is 3. The van der Waals surface area contributed by atoms with Gasteiger partial charge < -0.3 is 14.2 Å². The van der Waals surface area contributed by atoms with Gasteiger partial charge in [-0.15, -0.1) is 0 Å². The van der Waals surface area contributed by atoms with Crippen molar-refractivity contribution in [3.05, 3.63) is 33.8 Å². The summed E-state index contributed by atoms with van der Waals surface area (Å²) < 4.78 is 16.1. The monoisotopic (exact) mass is 248 g/mol. The molecule has 0 spiro atoms. The fourth-order valence-electron chi connectivity index (χ4n) is 1.53. The van der Waals surface area contributed by atoms with Crippen molar-refractivity contribution in [2.45, 2.75) is 5.97 Å². The molecule has 0 N–H and O–H groups in total. The van der Waals surface area contributed by atoms with Crippen LogP contribution in [0.3, 0.4) is 0 Å². The minimum atomic E-state index is -1.16. The normalized spacial score (nSPS) is 19.4. The fourth-order valence-corrected chi connectivity index (χ4v) is 2.05. The molecule has 1 aliphatic heterocycles. The third-order valence-electron chi connectivity index (χ3n) is 2.15. The number of halogens is 2. The smallest absolute Gasteiger partial charge is 0.311 e. The Balaban J connectivity index is 2.42. The van der Waals surface area contributed by atoms with Gasteiger partial charge in [0, 0.05) is 22.7 Å². The third kappa shape index (κ3) is 2.12. The highest BCUT2D eigenvalue weighted by Gasteiger charge is 2.39. The lowest BCUT2D eigenvalue weighted by Gasteiger charge is -2.25. The van der Waals surface area contributed by atoms with Crippen LogP contribution in [0, 0.1) is 0 Å². The van der Waals surface area contributed by atoms with Crippen LogP contribution in [0.1, 0.15) is 5.56 Å². The molecule has 1 aliphatic rings. The number of benzene rings is 1. The first-order valence-corrected chi connectivity index (χ1v) is 5.21. The Labute approximate surface area is 97.8 Å². The Morgan fingerprint density at radius 1 is 1.13 bits per heavy atom. The topological polar surface area (TPSA) is 27.7 Å². The zero-order chi connectivity index (χ0) is 10.9. The Hall–Kier alpha value is -0.320. The molecule has 0 bridgehead atoms. The minimum Gasteiger partial charge on any atom is -0.327 e. The fraction of sp³-hybridized carbons (Fsp3) is 0.400. The molecule has 1 heterocycles. The van der Waals surface area contributed by atoms with Gasteiger partial charge in [-0.1, -0.05) is 23.2 Å². The van der Waals surface area contributed by atoms with Gasteiger partial charge in [0.1, 0.15) is 0 Å². The number of rotatable bonds is 2. The van der Waals surface area contributed by atoms with Gasteiger partial charge in [0.25, 0.3) is 0 Å². The third-order valence-corrected chi connectivity index (χ3v) is 2.59. The van der Waals surface area contributed by atoms with Gasteiger partial charge in [0.05, 0.1) is 13.2 Å². The first-order valence-electron chi connectivity index (χ1n) is 4.46. The quantitative estimate of drug-likeness (QED) is 0.806. The van der Waals surface area contributed by atoms with E-state index in [0.29, 0.717) is 28.8 Å². The van der Waals surface area contributed by atoms with Crippen LogP contribution in [0.4, 0.5) is 0 Å². The van der Waals surface area contributed by atoms with Crippen molar-refractivity contribution in [2.75, 3.05) is 20.3 Å². The van der Waals surface area contributed by atoms with Gasteiger partial charge in [-0.3, -0.25) is 0 Å². The van der Waals surface area contributed by atoms with Crippen LogP contribution in [-0.2, 0) is 20.2 Å². The molecule has 2 rings (SSSR count). The molecule has 0 aliphatic carbocycles. The maximum Gasteiger partial charge on any atom is 0.311 e. The van der Waals surface area contributed by atoms with Crippen LogP contribution < -0.4 is 0 Å². The second-order valence-corrected chi connectivity index (χ2v) is 3.99. The average molecular weight is 249 g/mol. The Bertz CT molecular complexity index is 341. The van der Waals surface area contributed by atoms with Crippen LogP contribution in [0.25, 0.3) is 0 Å². The van der Waals surface area contributed by atoms with Gasteiger partial charge in [-0.25, -0.2) is 0 Å². The lowest BCUT2D eigenvalue weighted by molar-refractivity contribution is -0.331. The summed E-state index contributed by atoms with van der Waals surface area (Å²) in [5, 5.41) is 1.04. The molecule has 1 aromatic rings. The van der Waals surface area contributed by atoms with Gasteiger partial charge in [0.15, 0.2) is 0 Å². The van der Waals surface area contributed by atoms with Crippen molar-refractivity contribution in [1.82, 2.24) is 0 Å². The first kappa shape index (κ1) is 11.2. The predicted molar refractivity (Wildman–Crippen MR) is 57.1 cm³/mol. The van der Waals surface area contributed by atoms with E-state index in [4.69, 9.17) is 37.4 Å². The van der Waals surface area contributed by atoms with Gasteiger partial charge in [-0.2, -0.15) is 0 Å². The molecule has 3 nitrogen and oxygen atoms in total. The SMILES string of the molecule is COC1(c2cc(Cl)cc(Cl)c2)OCCO1. The summed E-state index contributed by atoms with van der Waals surface area (Å²) in [5.41, 5.74) is 0.667. The minimum absolute atomic E-state index is 0.484. The highest BCUT2D eigenvalue weighted by Crippen LogP contribution is 2.35. The standard InChI is InChI=1S/C10H10Cl2O3/c1-13-10(14-2-3-15-10)7-4-8(11)6-9(12)5-7/h4-6H,2-3H2,1H3. The van der Waals surface area contributed by atoms with E-state index >= 15 is 0 Å². The summed E-state index contributed by atoms with van der Waals surface area (Å²) in [5.74, 6) is -1.16. The van der Waals surface area contributed by atoms with E-state index in [-0.39, 0.29) is 0 Å². The Kier molecular flexibility index (Phi) is 3.19. The highest BCUT2D eigenvalue weighted by molar-refractivity contribution is 6.34. The first-order chi connectivity index (χ1) is 7.16. The number of hydrogen-bond acceptors (Lipinski definition) is 3. The number of hydrogen-bond donors (Lipinski definition) is 0. The van der Waals surface area contributed by atoms with Crippen LogP contribution >= 0.6 is 23.2 Å². The molecular formula is C10H10Cl2O3. The van der Waals surface area contributed by atoms with Crippen molar-refractivity contribution >= 4 is 23.2 Å². The molecule has 15 heavy (non-hydrogen) atoms. The second kappa shape index (κ2) is 4.28. The molecule has 1 saturated heterocycles. The summed E-state index contributed by atoms with van der Waals surface area (Å²) in [7, 11) is 1.51. The lowest BCUT2D eigenvalue weighted by Crippen LogP contribution is -2.29. The van der Waals surface area contributed by atoms with Crippen LogP contribution in [0.5, 0.6) is 0 Å². The van der Waals surface area contributed by atoms with E-state index in [1.807, 2.05) is 0 Å². The number of methoxy groups -OCH3 is 1. The summed E-state index contributed by atoms with van der Waals surface area (Å²) in [6, 6.07) is 5.06.